The van der Waals surface area contributed by atoms with Crippen LogP contribution >= 0.6 is 11.3 Å². The van der Waals surface area contributed by atoms with Gasteiger partial charge in [-0.15, -0.1) is 11.3 Å². The first kappa shape index (κ1) is 30.4. The molecule has 0 spiro atoms. The van der Waals surface area contributed by atoms with E-state index in [0.717, 1.165) is 67.0 Å². The zero-order chi connectivity index (χ0) is 28.3. The third-order valence-electron chi connectivity index (χ3n) is 8.52. The molecule has 2 amide bonds. The van der Waals surface area contributed by atoms with Gasteiger partial charge in [0.1, 0.15) is 0 Å². The molecule has 2 aromatic rings. The van der Waals surface area contributed by atoms with Crippen LogP contribution in [0.3, 0.4) is 0 Å². The van der Waals surface area contributed by atoms with Crippen LogP contribution in [0.25, 0.3) is 10.2 Å². The van der Waals surface area contributed by atoms with Crippen molar-refractivity contribution in [2.75, 3.05) is 26.7 Å². The fraction of sp³-hybridized carbons (Fsp3) is 0.625. The molecule has 2 aliphatic rings. The normalized spacial score (nSPS) is 18.2. The number of ketones is 1. The highest BCUT2D eigenvalue weighted by molar-refractivity contribution is 7.18. The van der Waals surface area contributed by atoms with Crippen molar-refractivity contribution in [2.45, 2.75) is 90.0 Å². The molecular weight excluding hydrogens is 520 g/mol. The van der Waals surface area contributed by atoms with E-state index < -0.39 is 5.92 Å². The molecule has 2 N–H and O–H groups in total. The summed E-state index contributed by atoms with van der Waals surface area (Å²) in [5, 5.41) is 6.85. The average Bonchev–Trinajstić information content (AvgIpc) is 3.65. The molecule has 7 nitrogen and oxygen atoms in total. The topological polar surface area (TPSA) is 91.4 Å². The van der Waals surface area contributed by atoms with Gasteiger partial charge in [-0.05, 0) is 81.3 Å². The van der Waals surface area contributed by atoms with Crippen molar-refractivity contribution in [3.8, 4) is 0 Å². The van der Waals surface area contributed by atoms with Gasteiger partial charge in [0.05, 0.1) is 21.1 Å². The summed E-state index contributed by atoms with van der Waals surface area (Å²) >= 11 is 1.60. The molecule has 1 saturated carbocycles. The van der Waals surface area contributed by atoms with E-state index in [9.17, 15) is 14.4 Å². The summed E-state index contributed by atoms with van der Waals surface area (Å²) in [7, 11) is 1.60. The van der Waals surface area contributed by atoms with Crippen LogP contribution in [0.15, 0.2) is 30.4 Å². The van der Waals surface area contributed by atoms with Gasteiger partial charge in [0.25, 0.3) is 0 Å². The summed E-state index contributed by atoms with van der Waals surface area (Å²) in [6.07, 6.45) is 14.5. The fourth-order valence-electron chi connectivity index (χ4n) is 6.06. The van der Waals surface area contributed by atoms with E-state index in [-0.39, 0.29) is 30.1 Å². The summed E-state index contributed by atoms with van der Waals surface area (Å²) in [5.41, 5.74) is 2.20. The van der Waals surface area contributed by atoms with E-state index in [4.69, 9.17) is 4.98 Å². The first-order valence-electron chi connectivity index (χ1n) is 15.3. The van der Waals surface area contributed by atoms with Crippen LogP contribution in [0.4, 0.5) is 0 Å². The summed E-state index contributed by atoms with van der Waals surface area (Å²) in [6, 6.07) is 6.25. The van der Waals surface area contributed by atoms with Gasteiger partial charge in [-0.1, -0.05) is 38.3 Å². The molecule has 1 aromatic carbocycles. The van der Waals surface area contributed by atoms with Crippen molar-refractivity contribution in [1.29, 1.82) is 0 Å². The number of hydrogen-bond donors (Lipinski definition) is 2. The molecule has 0 unspecified atom stereocenters. The van der Waals surface area contributed by atoms with Crippen LogP contribution in [-0.2, 0) is 27.2 Å². The molecule has 1 aliphatic carbocycles. The average molecular weight is 567 g/mol. The van der Waals surface area contributed by atoms with Gasteiger partial charge in [0.15, 0.2) is 5.78 Å². The van der Waals surface area contributed by atoms with Crippen molar-refractivity contribution in [3.05, 3.63) is 40.9 Å². The number of nitrogens with one attached hydrogen (secondary N) is 2. The lowest BCUT2D eigenvalue weighted by molar-refractivity contribution is -0.131. The second-order valence-corrected chi connectivity index (χ2v) is 12.6. The summed E-state index contributed by atoms with van der Waals surface area (Å²) in [6.45, 7) is 5.19. The number of allylic oxidation sites excluding steroid dienone is 1. The lowest BCUT2D eigenvalue weighted by Crippen LogP contribution is -2.44. The number of carbonyl (C=O) groups is 3. The first-order valence-corrected chi connectivity index (χ1v) is 16.1. The fourth-order valence-corrected chi connectivity index (χ4v) is 7.17. The number of carbonyl (C=O) groups excluding carboxylic acids is 3. The number of nitrogens with zero attached hydrogens (tertiary/aromatic N) is 2. The minimum atomic E-state index is -0.504. The number of aryl methyl sites for hydroxylation is 1. The van der Waals surface area contributed by atoms with Gasteiger partial charge < -0.3 is 10.6 Å². The molecule has 0 radical (unpaired) electrons. The Hall–Kier alpha value is -2.58. The van der Waals surface area contributed by atoms with Crippen LogP contribution in [0.5, 0.6) is 0 Å². The number of hydrogen-bond acceptors (Lipinski definition) is 6. The lowest BCUT2D eigenvalue weighted by atomic mass is 9.91. The van der Waals surface area contributed by atoms with Crippen LogP contribution in [0, 0.1) is 11.8 Å². The van der Waals surface area contributed by atoms with Crippen molar-refractivity contribution in [1.82, 2.24) is 20.5 Å². The number of fused-ring (bicyclic) bond motifs is 1. The molecule has 0 bridgehead atoms. The minimum Gasteiger partial charge on any atom is -0.359 e. The molecule has 1 aromatic heterocycles. The van der Waals surface area contributed by atoms with Gasteiger partial charge in [-0.25, -0.2) is 4.98 Å². The van der Waals surface area contributed by atoms with Crippen molar-refractivity contribution >= 4 is 39.2 Å². The van der Waals surface area contributed by atoms with Gasteiger partial charge in [-0.3, -0.25) is 19.3 Å². The number of piperidine rings is 1. The second-order valence-electron chi connectivity index (χ2n) is 11.5. The van der Waals surface area contributed by atoms with Gasteiger partial charge in [0.2, 0.25) is 11.8 Å². The summed E-state index contributed by atoms with van der Waals surface area (Å²) in [4.78, 5) is 45.9. The Morgan fingerprint density at radius 3 is 2.62 bits per heavy atom. The standard InChI is InChI=1S/C32H46N4O3S/c1-3-23-13-15-28-29(20-23)40-31(34-28)22-25(21-30(38)33-2)32(39)35-27(24-10-5-6-11-24)16-14-26(37)12-9-19-36-17-7-4-8-18-36/h9,12-13,15,20,24-25,27H,3-8,10-11,14,16-19,21-22H2,1-2H3,(H,33,38)(H,35,39)/b12-9+/t25-,27+/m0/s1. The lowest BCUT2D eigenvalue weighted by Gasteiger charge is -2.27. The summed E-state index contributed by atoms with van der Waals surface area (Å²) in [5.74, 6) is -0.264. The maximum atomic E-state index is 13.7. The monoisotopic (exact) mass is 566 g/mol. The first-order chi connectivity index (χ1) is 19.4. The van der Waals surface area contributed by atoms with Crippen molar-refractivity contribution in [3.63, 3.8) is 0 Å². The molecule has 2 fully saturated rings. The van der Waals surface area contributed by atoms with Crippen molar-refractivity contribution < 1.29 is 14.4 Å². The van der Waals surface area contributed by atoms with Crippen LogP contribution in [0.2, 0.25) is 0 Å². The highest BCUT2D eigenvalue weighted by atomic mass is 32.1. The molecule has 218 valence electrons. The number of thiazole rings is 1. The smallest absolute Gasteiger partial charge is 0.224 e. The molecule has 1 saturated heterocycles. The maximum Gasteiger partial charge on any atom is 0.224 e. The number of rotatable bonds is 14. The Morgan fingerprint density at radius 2 is 1.90 bits per heavy atom. The van der Waals surface area contributed by atoms with Crippen LogP contribution in [-0.4, -0.2) is 60.2 Å². The van der Waals surface area contributed by atoms with Crippen molar-refractivity contribution in [2.24, 2.45) is 11.8 Å². The van der Waals surface area contributed by atoms with E-state index >= 15 is 0 Å². The Bertz CT molecular complexity index is 1160. The largest absolute Gasteiger partial charge is 0.359 e. The molecular formula is C32H46N4O3S. The Morgan fingerprint density at radius 1 is 1.12 bits per heavy atom. The van der Waals surface area contributed by atoms with Gasteiger partial charge in [-0.2, -0.15) is 0 Å². The third-order valence-corrected chi connectivity index (χ3v) is 9.56. The molecule has 2 heterocycles. The third kappa shape index (κ3) is 8.96. The van der Waals surface area contributed by atoms with E-state index in [1.807, 2.05) is 12.1 Å². The highest BCUT2D eigenvalue weighted by Crippen LogP contribution is 2.31. The number of aromatic nitrogens is 1. The van der Waals surface area contributed by atoms with Gasteiger partial charge >= 0.3 is 0 Å². The number of benzene rings is 1. The Balaban J connectivity index is 1.39. The Labute approximate surface area is 243 Å². The Kier molecular flexibility index (Phi) is 11.7. The molecule has 40 heavy (non-hydrogen) atoms. The maximum absolute atomic E-state index is 13.7. The van der Waals surface area contributed by atoms with Gasteiger partial charge in [0, 0.05) is 38.9 Å². The molecule has 8 heteroatoms. The predicted octanol–water partition coefficient (Wildman–Crippen LogP) is 5.22. The van der Waals surface area contributed by atoms with E-state index in [1.54, 1.807) is 24.5 Å². The minimum absolute atomic E-state index is 0.0517. The number of amides is 2. The van der Waals surface area contributed by atoms with E-state index in [1.165, 1.54) is 24.8 Å². The predicted molar refractivity (Wildman–Crippen MR) is 162 cm³/mol. The SMILES string of the molecule is CCc1ccc2nc(C[C@H](CC(=O)NC)C(=O)N[C@H](CCC(=O)/C=C/CN3CCCCC3)C3CCCC3)sc2c1. The van der Waals surface area contributed by atoms with E-state index in [2.05, 4.69) is 34.6 Å². The highest BCUT2D eigenvalue weighted by Gasteiger charge is 2.30. The number of likely N-dealkylation sites (tertiary alicyclic amines) is 1. The quantitative estimate of drug-likeness (QED) is 0.306. The molecule has 1 aliphatic heterocycles. The summed E-state index contributed by atoms with van der Waals surface area (Å²) < 4.78 is 1.11. The molecule has 4 rings (SSSR count). The van der Waals surface area contributed by atoms with E-state index in [0.29, 0.717) is 25.2 Å². The van der Waals surface area contributed by atoms with Crippen LogP contribution in [0.1, 0.15) is 81.7 Å². The zero-order valence-corrected chi connectivity index (χ0v) is 25.1. The molecule has 2 atom stereocenters. The van der Waals surface area contributed by atoms with Crippen LogP contribution < -0.4 is 10.6 Å². The zero-order valence-electron chi connectivity index (χ0n) is 24.3. The second kappa shape index (κ2) is 15.4.